The lowest BCUT2D eigenvalue weighted by molar-refractivity contribution is -0.137. The van der Waals surface area contributed by atoms with Crippen molar-refractivity contribution >= 4 is 21.4 Å². The van der Waals surface area contributed by atoms with Crippen LogP contribution in [0.15, 0.2) is 53.4 Å². The van der Waals surface area contributed by atoms with Gasteiger partial charge >= 0.3 is 11.9 Å². The Morgan fingerprint density at radius 1 is 1.07 bits per heavy atom. The van der Waals surface area contributed by atoms with Gasteiger partial charge in [0.25, 0.3) is 5.91 Å². The molecule has 1 amide bonds. The molecule has 0 aliphatic rings. The summed E-state index contributed by atoms with van der Waals surface area (Å²) in [6, 6.07) is 8.28. The molecule has 0 aliphatic heterocycles. The van der Waals surface area contributed by atoms with Crippen molar-refractivity contribution in [3.05, 3.63) is 54.1 Å². The minimum absolute atomic E-state index is 0.242. The highest BCUT2D eigenvalue weighted by Crippen LogP contribution is 2.31. The molecule has 0 radical (unpaired) electrons. The van der Waals surface area contributed by atoms with E-state index >= 15 is 0 Å². The van der Waals surface area contributed by atoms with Crippen molar-refractivity contribution < 1.29 is 39.9 Å². The van der Waals surface area contributed by atoms with Gasteiger partial charge in [0.2, 0.25) is 9.84 Å². The van der Waals surface area contributed by atoms with E-state index in [4.69, 9.17) is 4.74 Å². The molecule has 1 N–H and O–H groups in total. The second-order valence-corrected chi connectivity index (χ2v) is 7.05. The van der Waals surface area contributed by atoms with Crippen molar-refractivity contribution in [3.8, 4) is 5.75 Å². The molecular formula is C16H12F5NO4S. The number of alkyl halides is 5. The molecule has 0 spiro atoms. The molecule has 0 aromatic heterocycles. The number of amides is 1. The van der Waals surface area contributed by atoms with E-state index in [9.17, 15) is 35.2 Å². The van der Waals surface area contributed by atoms with E-state index < -0.39 is 50.4 Å². The van der Waals surface area contributed by atoms with Crippen molar-refractivity contribution in [1.82, 2.24) is 0 Å². The van der Waals surface area contributed by atoms with Crippen LogP contribution in [0, 0.1) is 0 Å². The fraction of sp³-hybridized carbons (Fsp3) is 0.188. The number of para-hydroxylation sites is 1. The Kier molecular flexibility index (Phi) is 6.04. The first kappa shape index (κ1) is 20.6. The van der Waals surface area contributed by atoms with Crippen molar-refractivity contribution in [1.29, 1.82) is 0 Å². The van der Waals surface area contributed by atoms with Crippen LogP contribution in [0.5, 0.6) is 5.75 Å². The fourth-order valence-electron chi connectivity index (χ4n) is 2.01. The maximum Gasteiger partial charge on any atom is 0.416 e. The lowest BCUT2D eigenvalue weighted by atomic mass is 10.2. The standard InChI is InChI=1S/C16H12F5NO4S/c17-15(18)27(24,25)13-7-2-1-6-12(13)22-14(23)9-26-11-5-3-4-10(8-11)16(19,20)21/h1-8,15H,9H2,(H,22,23). The number of hydrogen-bond acceptors (Lipinski definition) is 4. The first-order valence-corrected chi connectivity index (χ1v) is 8.77. The third-order valence-corrected chi connectivity index (χ3v) is 4.67. The number of halogens is 5. The van der Waals surface area contributed by atoms with E-state index in [1.807, 2.05) is 0 Å². The summed E-state index contributed by atoms with van der Waals surface area (Å²) in [6.07, 6.45) is -4.59. The van der Waals surface area contributed by atoms with Crippen LogP contribution in [0.25, 0.3) is 0 Å². The molecule has 2 aromatic rings. The van der Waals surface area contributed by atoms with Crippen molar-refractivity contribution in [2.24, 2.45) is 0 Å². The molecule has 0 bridgehead atoms. The Morgan fingerprint density at radius 3 is 2.37 bits per heavy atom. The number of hydrogen-bond donors (Lipinski definition) is 1. The van der Waals surface area contributed by atoms with Crippen LogP contribution < -0.4 is 10.1 Å². The molecule has 146 valence electrons. The number of carbonyl (C=O) groups excluding carboxylic acids is 1. The van der Waals surface area contributed by atoms with Gasteiger partial charge in [0.1, 0.15) is 5.75 Å². The summed E-state index contributed by atoms with van der Waals surface area (Å²) in [5, 5.41) is 2.09. The molecule has 2 rings (SSSR count). The quantitative estimate of drug-likeness (QED) is 0.739. The molecule has 0 fully saturated rings. The molecule has 0 heterocycles. The van der Waals surface area contributed by atoms with E-state index in [0.717, 1.165) is 24.3 Å². The van der Waals surface area contributed by atoms with Gasteiger partial charge in [0.15, 0.2) is 6.61 Å². The number of sulfone groups is 1. The lowest BCUT2D eigenvalue weighted by Gasteiger charge is -2.12. The first-order chi connectivity index (χ1) is 12.5. The topological polar surface area (TPSA) is 72.5 Å². The highest BCUT2D eigenvalue weighted by atomic mass is 32.2. The zero-order valence-corrected chi connectivity index (χ0v) is 14.2. The number of ether oxygens (including phenoxy) is 1. The molecule has 0 saturated carbocycles. The summed E-state index contributed by atoms with van der Waals surface area (Å²) in [5.74, 6) is -4.87. The number of nitrogens with one attached hydrogen (secondary N) is 1. The second-order valence-electron chi connectivity index (χ2n) is 5.16. The second kappa shape index (κ2) is 7.91. The maximum absolute atomic E-state index is 12.7. The predicted molar refractivity (Wildman–Crippen MR) is 85.2 cm³/mol. The average Bonchev–Trinajstić information content (AvgIpc) is 2.59. The van der Waals surface area contributed by atoms with E-state index in [-0.39, 0.29) is 5.75 Å². The summed E-state index contributed by atoms with van der Waals surface area (Å²) in [4.78, 5) is 11.1. The molecule has 2 aromatic carbocycles. The van der Waals surface area contributed by atoms with Crippen LogP contribution in [0.2, 0.25) is 0 Å². The zero-order valence-electron chi connectivity index (χ0n) is 13.3. The van der Waals surface area contributed by atoms with Crippen LogP contribution >= 0.6 is 0 Å². The minimum atomic E-state index is -4.96. The van der Waals surface area contributed by atoms with Crippen LogP contribution in [-0.4, -0.2) is 26.7 Å². The first-order valence-electron chi connectivity index (χ1n) is 7.23. The van der Waals surface area contributed by atoms with Gasteiger partial charge in [-0.2, -0.15) is 22.0 Å². The summed E-state index contributed by atoms with van der Waals surface area (Å²) in [6.45, 7) is -0.760. The molecule has 5 nitrogen and oxygen atoms in total. The molecule has 0 saturated heterocycles. The van der Waals surface area contributed by atoms with Crippen LogP contribution in [0.1, 0.15) is 5.56 Å². The summed E-state index contributed by atoms with van der Waals surface area (Å²) >= 11 is 0. The van der Waals surface area contributed by atoms with Gasteiger partial charge in [-0.25, -0.2) is 8.42 Å². The molecule has 11 heteroatoms. The summed E-state index contributed by atoms with van der Waals surface area (Å²) < 4.78 is 91.4. The van der Waals surface area contributed by atoms with Gasteiger partial charge in [-0.05, 0) is 30.3 Å². The number of benzene rings is 2. The smallest absolute Gasteiger partial charge is 0.416 e. The number of anilines is 1. The van der Waals surface area contributed by atoms with Gasteiger partial charge in [0.05, 0.1) is 16.1 Å². The summed E-state index contributed by atoms with van der Waals surface area (Å²) in [7, 11) is -4.96. The van der Waals surface area contributed by atoms with E-state index in [2.05, 4.69) is 5.32 Å². The van der Waals surface area contributed by atoms with Crippen LogP contribution in [0.4, 0.5) is 27.6 Å². The lowest BCUT2D eigenvalue weighted by Crippen LogP contribution is -2.22. The van der Waals surface area contributed by atoms with E-state index in [1.54, 1.807) is 0 Å². The van der Waals surface area contributed by atoms with Crippen molar-refractivity contribution in [3.63, 3.8) is 0 Å². The van der Waals surface area contributed by atoms with Crippen molar-refractivity contribution in [2.75, 3.05) is 11.9 Å². The largest absolute Gasteiger partial charge is 0.484 e. The van der Waals surface area contributed by atoms with Crippen LogP contribution in [0.3, 0.4) is 0 Å². The monoisotopic (exact) mass is 409 g/mol. The Labute approximate surface area is 150 Å². The van der Waals surface area contributed by atoms with E-state index in [0.29, 0.717) is 6.07 Å². The Balaban J connectivity index is 2.10. The SMILES string of the molecule is O=C(COc1cccc(C(F)(F)F)c1)Nc1ccccc1S(=O)(=O)C(F)F. The van der Waals surface area contributed by atoms with Gasteiger partial charge in [-0.1, -0.05) is 18.2 Å². The number of rotatable bonds is 6. The van der Waals surface area contributed by atoms with Gasteiger partial charge in [-0.3, -0.25) is 4.79 Å². The Bertz CT molecular complexity index is 928. The Hall–Kier alpha value is -2.69. The third-order valence-electron chi connectivity index (χ3n) is 3.23. The van der Waals surface area contributed by atoms with Gasteiger partial charge < -0.3 is 10.1 Å². The molecule has 0 atom stereocenters. The fourth-order valence-corrected chi connectivity index (χ4v) is 2.90. The minimum Gasteiger partial charge on any atom is -0.484 e. The zero-order chi connectivity index (χ0) is 20.2. The van der Waals surface area contributed by atoms with Gasteiger partial charge in [-0.15, -0.1) is 0 Å². The van der Waals surface area contributed by atoms with E-state index in [1.165, 1.54) is 18.2 Å². The summed E-state index contributed by atoms with van der Waals surface area (Å²) in [5.41, 5.74) is -1.37. The molecule has 0 unspecified atom stereocenters. The predicted octanol–water partition coefficient (Wildman–Crippen LogP) is 3.72. The highest BCUT2D eigenvalue weighted by molar-refractivity contribution is 7.91. The van der Waals surface area contributed by atoms with Gasteiger partial charge in [0, 0.05) is 0 Å². The molecule has 0 aliphatic carbocycles. The molecule has 27 heavy (non-hydrogen) atoms. The normalized spacial score (nSPS) is 12.1. The third kappa shape index (κ3) is 5.16. The molecular weight excluding hydrogens is 397 g/mol. The van der Waals surface area contributed by atoms with Crippen molar-refractivity contribution in [2.45, 2.75) is 16.8 Å². The van der Waals surface area contributed by atoms with Crippen LogP contribution in [-0.2, 0) is 20.8 Å². The number of carbonyl (C=O) groups is 1. The Morgan fingerprint density at radius 2 is 1.74 bits per heavy atom. The highest BCUT2D eigenvalue weighted by Gasteiger charge is 2.31. The average molecular weight is 409 g/mol. The maximum atomic E-state index is 12.7.